The van der Waals surface area contributed by atoms with Crippen LogP contribution in [-0.2, 0) is 14.3 Å². The Morgan fingerprint density at radius 1 is 1.21 bits per heavy atom. The first-order valence-corrected chi connectivity index (χ1v) is 9.38. The summed E-state index contributed by atoms with van der Waals surface area (Å²) < 4.78 is 10.8. The number of carbonyl (C=O) groups excluding carboxylic acids is 2. The van der Waals surface area contributed by atoms with Crippen LogP contribution in [0.1, 0.15) is 19.1 Å². The van der Waals surface area contributed by atoms with Gasteiger partial charge in [-0.05, 0) is 49.3 Å². The van der Waals surface area contributed by atoms with Crippen LogP contribution < -0.4 is 0 Å². The van der Waals surface area contributed by atoms with Gasteiger partial charge in [0.1, 0.15) is 23.2 Å². The molecule has 2 aromatic rings. The van der Waals surface area contributed by atoms with Crippen LogP contribution in [0.25, 0.3) is 17.4 Å². The fourth-order valence-corrected chi connectivity index (χ4v) is 3.31. The number of benzene rings is 1. The Labute approximate surface area is 173 Å². The van der Waals surface area contributed by atoms with E-state index < -0.39 is 11.8 Å². The second-order valence-electron chi connectivity index (χ2n) is 6.46. The van der Waals surface area contributed by atoms with Gasteiger partial charge in [-0.15, -0.1) is 0 Å². The molecule has 1 aromatic carbocycles. The lowest BCUT2D eigenvalue weighted by Gasteiger charge is -2.27. The van der Waals surface area contributed by atoms with E-state index in [-0.39, 0.29) is 17.7 Å². The lowest BCUT2D eigenvalue weighted by atomic mass is 9.94. The van der Waals surface area contributed by atoms with Crippen molar-refractivity contribution in [3.63, 3.8) is 0 Å². The van der Waals surface area contributed by atoms with Crippen molar-refractivity contribution in [1.29, 1.82) is 5.26 Å². The van der Waals surface area contributed by atoms with Crippen molar-refractivity contribution in [3.05, 3.63) is 63.9 Å². The predicted molar refractivity (Wildman–Crippen MR) is 109 cm³/mol. The average molecular weight is 411 g/mol. The number of imide groups is 1. The third-order valence-electron chi connectivity index (χ3n) is 4.61. The SMILES string of the molecule is COCCCN1C(=O)C(C#N)=C(C)/C(=C\c2ccc(-c3ccccc3Cl)o2)C1=O. The zero-order valence-electron chi connectivity index (χ0n) is 16.1. The number of hydrogen-bond donors (Lipinski definition) is 0. The second-order valence-corrected chi connectivity index (χ2v) is 6.87. The number of methoxy groups -OCH3 is 1. The zero-order chi connectivity index (χ0) is 21.0. The van der Waals surface area contributed by atoms with Gasteiger partial charge in [-0.2, -0.15) is 5.26 Å². The summed E-state index contributed by atoms with van der Waals surface area (Å²) >= 11 is 6.21. The van der Waals surface area contributed by atoms with Crippen LogP contribution in [0, 0.1) is 11.3 Å². The summed E-state index contributed by atoms with van der Waals surface area (Å²) in [4.78, 5) is 26.5. The van der Waals surface area contributed by atoms with E-state index >= 15 is 0 Å². The quantitative estimate of drug-likeness (QED) is 0.404. The van der Waals surface area contributed by atoms with Crippen molar-refractivity contribution in [3.8, 4) is 17.4 Å². The average Bonchev–Trinajstić information content (AvgIpc) is 3.17. The molecule has 0 unspecified atom stereocenters. The Kier molecular flexibility index (Phi) is 6.32. The van der Waals surface area contributed by atoms with Gasteiger partial charge in [-0.3, -0.25) is 14.5 Å². The Bertz CT molecular complexity index is 1060. The van der Waals surface area contributed by atoms with Gasteiger partial charge >= 0.3 is 0 Å². The van der Waals surface area contributed by atoms with E-state index in [0.717, 1.165) is 10.5 Å². The molecule has 1 aliphatic heterocycles. The van der Waals surface area contributed by atoms with E-state index in [1.165, 1.54) is 0 Å². The lowest BCUT2D eigenvalue weighted by molar-refractivity contribution is -0.140. The van der Waals surface area contributed by atoms with Crippen molar-refractivity contribution in [2.45, 2.75) is 13.3 Å². The number of rotatable bonds is 6. The molecule has 0 aliphatic carbocycles. The standard InChI is InChI=1S/C22H19ClN2O4/c1-14-17(21(26)25(10-5-11-28-2)22(27)18(14)13-24)12-15-8-9-20(29-15)16-6-3-4-7-19(16)23/h3-4,6-9,12H,5,10-11H2,1-2H3/b17-12+. The minimum Gasteiger partial charge on any atom is -0.457 e. The summed E-state index contributed by atoms with van der Waals surface area (Å²) in [5, 5.41) is 9.97. The summed E-state index contributed by atoms with van der Waals surface area (Å²) in [6.07, 6.45) is 2.03. The fourth-order valence-electron chi connectivity index (χ4n) is 3.08. The second kappa shape index (κ2) is 8.91. The fraction of sp³-hybridized carbons (Fsp3) is 0.227. The summed E-state index contributed by atoms with van der Waals surface area (Å²) in [5.41, 5.74) is 1.26. The van der Waals surface area contributed by atoms with Crippen LogP contribution in [0.3, 0.4) is 0 Å². The maximum Gasteiger partial charge on any atom is 0.271 e. The van der Waals surface area contributed by atoms with Crippen LogP contribution in [-0.4, -0.2) is 37.0 Å². The van der Waals surface area contributed by atoms with Gasteiger partial charge < -0.3 is 9.15 Å². The first kappa shape index (κ1) is 20.6. The molecule has 0 fully saturated rings. The molecule has 3 rings (SSSR count). The molecule has 2 heterocycles. The molecule has 0 saturated heterocycles. The molecule has 0 radical (unpaired) electrons. The van der Waals surface area contributed by atoms with E-state index in [2.05, 4.69) is 0 Å². The van der Waals surface area contributed by atoms with Crippen molar-refractivity contribution in [2.75, 3.05) is 20.3 Å². The molecule has 0 N–H and O–H groups in total. The molecule has 2 amide bonds. The molecule has 0 spiro atoms. The highest BCUT2D eigenvalue weighted by Crippen LogP contribution is 2.31. The highest BCUT2D eigenvalue weighted by molar-refractivity contribution is 6.33. The molecule has 6 nitrogen and oxygen atoms in total. The van der Waals surface area contributed by atoms with Gasteiger partial charge in [0.05, 0.1) is 5.02 Å². The smallest absolute Gasteiger partial charge is 0.271 e. The lowest BCUT2D eigenvalue weighted by Crippen LogP contribution is -2.43. The van der Waals surface area contributed by atoms with E-state index in [9.17, 15) is 14.9 Å². The maximum atomic E-state index is 12.9. The Balaban J connectivity index is 1.98. The van der Waals surface area contributed by atoms with Crippen LogP contribution >= 0.6 is 11.6 Å². The molecule has 7 heteroatoms. The molecule has 148 valence electrons. The molecule has 29 heavy (non-hydrogen) atoms. The number of nitriles is 1. The summed E-state index contributed by atoms with van der Waals surface area (Å²) in [5.74, 6) is -0.0651. The Morgan fingerprint density at radius 3 is 2.66 bits per heavy atom. The molecule has 0 saturated carbocycles. The van der Waals surface area contributed by atoms with E-state index in [1.807, 2.05) is 24.3 Å². The van der Waals surface area contributed by atoms with Crippen LogP contribution in [0.2, 0.25) is 5.02 Å². The van der Waals surface area contributed by atoms with E-state index in [1.54, 1.807) is 38.3 Å². The molecular formula is C22H19ClN2O4. The number of furan rings is 1. The number of halogens is 1. The van der Waals surface area contributed by atoms with Gasteiger partial charge in [0.15, 0.2) is 0 Å². The highest BCUT2D eigenvalue weighted by Gasteiger charge is 2.35. The molecule has 1 aliphatic rings. The summed E-state index contributed by atoms with van der Waals surface area (Å²) in [6, 6.07) is 12.7. The van der Waals surface area contributed by atoms with Crippen molar-refractivity contribution < 1.29 is 18.7 Å². The van der Waals surface area contributed by atoms with Gasteiger partial charge in [0.25, 0.3) is 11.8 Å². The molecular weight excluding hydrogens is 392 g/mol. The van der Waals surface area contributed by atoms with E-state index in [0.29, 0.717) is 35.1 Å². The minimum absolute atomic E-state index is 0.0499. The van der Waals surface area contributed by atoms with Crippen molar-refractivity contribution in [2.24, 2.45) is 0 Å². The van der Waals surface area contributed by atoms with Gasteiger partial charge in [-0.25, -0.2) is 0 Å². The van der Waals surface area contributed by atoms with Gasteiger partial charge in [0, 0.05) is 31.4 Å². The number of hydrogen-bond acceptors (Lipinski definition) is 5. The Hall–Kier alpha value is -3.14. The maximum absolute atomic E-state index is 12.9. The third-order valence-corrected chi connectivity index (χ3v) is 4.94. The Morgan fingerprint density at radius 2 is 1.97 bits per heavy atom. The van der Waals surface area contributed by atoms with Crippen LogP contribution in [0.15, 0.2) is 57.5 Å². The highest BCUT2D eigenvalue weighted by atomic mass is 35.5. The zero-order valence-corrected chi connectivity index (χ0v) is 16.8. The number of carbonyl (C=O) groups is 2. The summed E-state index contributed by atoms with van der Waals surface area (Å²) in [7, 11) is 1.55. The number of ether oxygens (including phenoxy) is 1. The van der Waals surface area contributed by atoms with Crippen LogP contribution in [0.5, 0.6) is 0 Å². The first-order valence-electron chi connectivity index (χ1n) is 9.00. The molecule has 0 bridgehead atoms. The third kappa shape index (κ3) is 4.16. The normalized spacial score (nSPS) is 15.9. The topological polar surface area (TPSA) is 83.5 Å². The van der Waals surface area contributed by atoms with Crippen molar-refractivity contribution >= 4 is 29.5 Å². The van der Waals surface area contributed by atoms with Crippen molar-refractivity contribution in [1.82, 2.24) is 4.90 Å². The van der Waals surface area contributed by atoms with E-state index in [4.69, 9.17) is 20.8 Å². The summed E-state index contributed by atoms with van der Waals surface area (Å²) in [6.45, 7) is 2.16. The predicted octanol–water partition coefficient (Wildman–Crippen LogP) is 4.23. The van der Waals surface area contributed by atoms with Gasteiger partial charge in [-0.1, -0.05) is 23.7 Å². The molecule has 0 atom stereocenters. The van der Waals surface area contributed by atoms with Crippen LogP contribution in [0.4, 0.5) is 0 Å². The molecule has 1 aromatic heterocycles. The largest absolute Gasteiger partial charge is 0.457 e. The number of amides is 2. The van der Waals surface area contributed by atoms with Gasteiger partial charge in [0.2, 0.25) is 0 Å². The number of nitrogens with zero attached hydrogens (tertiary/aromatic N) is 2. The minimum atomic E-state index is -0.584. The monoisotopic (exact) mass is 410 g/mol. The first-order chi connectivity index (χ1) is 14.0.